The fourth-order valence-electron chi connectivity index (χ4n) is 1.58. The number of rotatable bonds is 6. The van der Waals surface area contributed by atoms with Crippen LogP contribution in [0.2, 0.25) is 0 Å². The summed E-state index contributed by atoms with van der Waals surface area (Å²) in [6, 6.07) is 7.53. The van der Waals surface area contributed by atoms with Gasteiger partial charge in [0, 0.05) is 12.2 Å². The zero-order valence-electron chi connectivity index (χ0n) is 10.5. The van der Waals surface area contributed by atoms with Crippen LogP contribution in [-0.2, 0) is 9.53 Å². The second kappa shape index (κ2) is 6.91. The van der Waals surface area contributed by atoms with Gasteiger partial charge in [-0.05, 0) is 19.9 Å². The quantitative estimate of drug-likeness (QED) is 0.822. The lowest BCUT2D eigenvalue weighted by molar-refractivity contribution is -0.126. The molecule has 0 fully saturated rings. The lowest BCUT2D eigenvalue weighted by Crippen LogP contribution is -2.30. The molecule has 17 heavy (non-hydrogen) atoms. The molecule has 0 unspecified atom stereocenters. The summed E-state index contributed by atoms with van der Waals surface area (Å²) >= 11 is 0. The van der Waals surface area contributed by atoms with E-state index < -0.39 is 0 Å². The van der Waals surface area contributed by atoms with Crippen molar-refractivity contribution in [2.24, 2.45) is 0 Å². The van der Waals surface area contributed by atoms with E-state index in [4.69, 9.17) is 9.47 Å². The first-order valence-corrected chi connectivity index (χ1v) is 5.69. The summed E-state index contributed by atoms with van der Waals surface area (Å²) < 4.78 is 10.3. The molecule has 4 nitrogen and oxygen atoms in total. The van der Waals surface area contributed by atoms with E-state index in [1.54, 1.807) is 7.11 Å². The minimum atomic E-state index is -0.120. The van der Waals surface area contributed by atoms with Crippen LogP contribution in [0.1, 0.15) is 25.5 Å². The number of para-hydroxylation sites is 1. The van der Waals surface area contributed by atoms with Crippen molar-refractivity contribution in [3.63, 3.8) is 0 Å². The van der Waals surface area contributed by atoms with E-state index in [9.17, 15) is 4.79 Å². The largest absolute Gasteiger partial charge is 0.496 e. The van der Waals surface area contributed by atoms with Gasteiger partial charge in [-0.15, -0.1) is 0 Å². The smallest absolute Gasteiger partial charge is 0.246 e. The van der Waals surface area contributed by atoms with Crippen molar-refractivity contribution in [3.05, 3.63) is 29.8 Å². The Morgan fingerprint density at radius 3 is 2.76 bits per heavy atom. The van der Waals surface area contributed by atoms with Crippen LogP contribution in [0.25, 0.3) is 0 Å². The number of carbonyl (C=O) groups is 1. The average molecular weight is 237 g/mol. The molecular weight excluding hydrogens is 218 g/mol. The van der Waals surface area contributed by atoms with Crippen molar-refractivity contribution in [1.29, 1.82) is 0 Å². The molecule has 0 aliphatic heterocycles. The van der Waals surface area contributed by atoms with Crippen molar-refractivity contribution < 1.29 is 14.3 Å². The molecule has 0 saturated carbocycles. The highest BCUT2D eigenvalue weighted by Crippen LogP contribution is 2.23. The third-order valence-electron chi connectivity index (χ3n) is 2.42. The van der Waals surface area contributed by atoms with E-state index in [-0.39, 0.29) is 18.6 Å². The van der Waals surface area contributed by atoms with Crippen LogP contribution in [0.4, 0.5) is 0 Å². The molecule has 4 heteroatoms. The van der Waals surface area contributed by atoms with E-state index in [0.29, 0.717) is 6.61 Å². The number of methoxy groups -OCH3 is 1. The first-order valence-electron chi connectivity index (χ1n) is 5.69. The normalized spacial score (nSPS) is 11.9. The van der Waals surface area contributed by atoms with Gasteiger partial charge in [-0.2, -0.15) is 0 Å². The molecule has 0 aliphatic rings. The summed E-state index contributed by atoms with van der Waals surface area (Å²) in [5, 5.41) is 2.86. The molecule has 1 amide bonds. The summed E-state index contributed by atoms with van der Waals surface area (Å²) in [4.78, 5) is 11.5. The predicted molar refractivity (Wildman–Crippen MR) is 66.0 cm³/mol. The molecule has 0 heterocycles. The van der Waals surface area contributed by atoms with Crippen molar-refractivity contribution in [2.45, 2.75) is 19.9 Å². The first-order chi connectivity index (χ1) is 8.19. The second-order valence-corrected chi connectivity index (χ2v) is 3.67. The van der Waals surface area contributed by atoms with Crippen LogP contribution in [0.15, 0.2) is 24.3 Å². The number of carbonyl (C=O) groups excluding carboxylic acids is 1. The second-order valence-electron chi connectivity index (χ2n) is 3.67. The van der Waals surface area contributed by atoms with Gasteiger partial charge in [0.05, 0.1) is 13.2 Å². The van der Waals surface area contributed by atoms with Crippen molar-refractivity contribution in [2.75, 3.05) is 20.3 Å². The van der Waals surface area contributed by atoms with Gasteiger partial charge in [0.15, 0.2) is 0 Å². The van der Waals surface area contributed by atoms with E-state index >= 15 is 0 Å². The monoisotopic (exact) mass is 237 g/mol. The zero-order chi connectivity index (χ0) is 12.7. The van der Waals surface area contributed by atoms with Crippen LogP contribution in [0, 0.1) is 0 Å². The third-order valence-corrected chi connectivity index (χ3v) is 2.42. The highest BCUT2D eigenvalue weighted by Gasteiger charge is 2.13. The molecule has 1 aromatic rings. The summed E-state index contributed by atoms with van der Waals surface area (Å²) in [5.41, 5.74) is 0.958. The molecule has 1 atom stereocenters. The van der Waals surface area contributed by atoms with Gasteiger partial charge in [-0.3, -0.25) is 4.79 Å². The number of hydrogen-bond acceptors (Lipinski definition) is 3. The van der Waals surface area contributed by atoms with Crippen LogP contribution in [0.3, 0.4) is 0 Å². The van der Waals surface area contributed by atoms with Gasteiger partial charge in [0.1, 0.15) is 12.4 Å². The summed E-state index contributed by atoms with van der Waals surface area (Å²) in [6.45, 7) is 4.41. The Labute approximate surface area is 102 Å². The molecule has 0 aromatic heterocycles. The minimum absolute atomic E-state index is 0.0932. The number of benzene rings is 1. The molecule has 0 radical (unpaired) electrons. The summed E-state index contributed by atoms with van der Waals surface area (Å²) in [6.07, 6.45) is 0. The van der Waals surface area contributed by atoms with Gasteiger partial charge in [-0.25, -0.2) is 0 Å². The molecule has 0 saturated heterocycles. The maximum atomic E-state index is 11.5. The van der Waals surface area contributed by atoms with E-state index in [1.165, 1.54) is 0 Å². The highest BCUT2D eigenvalue weighted by atomic mass is 16.5. The molecule has 1 rings (SSSR count). The Morgan fingerprint density at radius 1 is 1.41 bits per heavy atom. The number of hydrogen-bond donors (Lipinski definition) is 1. The Bertz CT molecular complexity index is 365. The van der Waals surface area contributed by atoms with Gasteiger partial charge in [0.25, 0.3) is 0 Å². The first kappa shape index (κ1) is 13.5. The molecule has 1 N–H and O–H groups in total. The van der Waals surface area contributed by atoms with Gasteiger partial charge < -0.3 is 14.8 Å². The number of nitrogens with one attached hydrogen (secondary N) is 1. The Kier molecular flexibility index (Phi) is 5.49. The van der Waals surface area contributed by atoms with Crippen LogP contribution in [0.5, 0.6) is 5.75 Å². The standard InChI is InChI=1S/C13H19NO3/c1-4-17-9-13(15)14-10(2)11-7-5-6-8-12(11)16-3/h5-8,10H,4,9H2,1-3H3,(H,14,15)/t10-/m0/s1. The topological polar surface area (TPSA) is 47.6 Å². The summed E-state index contributed by atoms with van der Waals surface area (Å²) in [7, 11) is 1.62. The molecule has 1 aromatic carbocycles. The van der Waals surface area contributed by atoms with Crippen LogP contribution < -0.4 is 10.1 Å². The van der Waals surface area contributed by atoms with E-state index in [0.717, 1.165) is 11.3 Å². The lowest BCUT2D eigenvalue weighted by atomic mass is 10.1. The maximum Gasteiger partial charge on any atom is 0.246 e. The molecule has 0 aliphatic carbocycles. The number of amides is 1. The van der Waals surface area contributed by atoms with Gasteiger partial charge >= 0.3 is 0 Å². The Morgan fingerprint density at radius 2 is 2.12 bits per heavy atom. The molecule has 0 bridgehead atoms. The minimum Gasteiger partial charge on any atom is -0.496 e. The fourth-order valence-corrected chi connectivity index (χ4v) is 1.58. The van der Waals surface area contributed by atoms with Crippen LogP contribution in [-0.4, -0.2) is 26.2 Å². The van der Waals surface area contributed by atoms with Gasteiger partial charge in [0.2, 0.25) is 5.91 Å². The Hall–Kier alpha value is -1.55. The third kappa shape index (κ3) is 4.07. The lowest BCUT2D eigenvalue weighted by Gasteiger charge is -2.17. The average Bonchev–Trinajstić information content (AvgIpc) is 2.36. The zero-order valence-corrected chi connectivity index (χ0v) is 10.5. The summed E-state index contributed by atoms with van der Waals surface area (Å²) in [5.74, 6) is 0.655. The fraction of sp³-hybridized carbons (Fsp3) is 0.462. The van der Waals surface area contributed by atoms with E-state index in [1.807, 2.05) is 38.1 Å². The van der Waals surface area contributed by atoms with Crippen molar-refractivity contribution in [3.8, 4) is 5.75 Å². The van der Waals surface area contributed by atoms with Gasteiger partial charge in [-0.1, -0.05) is 18.2 Å². The molecular formula is C13H19NO3. The Balaban J connectivity index is 2.62. The molecule has 94 valence electrons. The van der Waals surface area contributed by atoms with E-state index in [2.05, 4.69) is 5.32 Å². The highest BCUT2D eigenvalue weighted by molar-refractivity contribution is 5.77. The SMILES string of the molecule is CCOCC(=O)N[C@@H](C)c1ccccc1OC. The van der Waals surface area contributed by atoms with Crippen LogP contribution >= 0.6 is 0 Å². The predicted octanol–water partition coefficient (Wildman–Crippen LogP) is 1.91. The molecule has 0 spiro atoms. The van der Waals surface area contributed by atoms with Crippen molar-refractivity contribution in [1.82, 2.24) is 5.32 Å². The van der Waals surface area contributed by atoms with Crippen molar-refractivity contribution >= 4 is 5.91 Å². The maximum absolute atomic E-state index is 11.5. The number of ether oxygens (including phenoxy) is 2.